The lowest BCUT2D eigenvalue weighted by Gasteiger charge is -2.52. The number of nitrogens with one attached hydrogen (secondary N) is 1. The topological polar surface area (TPSA) is 84.0 Å². The minimum atomic E-state index is -0.732. The lowest BCUT2D eigenvalue weighted by atomic mass is 9.80. The molecule has 1 aromatic heterocycles. The van der Waals surface area contributed by atoms with Crippen molar-refractivity contribution in [3.63, 3.8) is 0 Å². The Bertz CT molecular complexity index is 1050. The number of nitrogens with zero attached hydrogens (tertiary/aromatic N) is 3. The number of carbonyl (C=O) groups is 2. The monoisotopic (exact) mass is 508 g/mol. The van der Waals surface area contributed by atoms with Gasteiger partial charge in [-0.3, -0.25) is 14.5 Å². The number of likely N-dealkylation sites (tertiary alicyclic amines) is 1. The van der Waals surface area contributed by atoms with Gasteiger partial charge in [0.2, 0.25) is 17.7 Å². The van der Waals surface area contributed by atoms with E-state index in [1.807, 2.05) is 47.5 Å². The number of hydrogen-bond acceptors (Lipinski definition) is 6. The highest BCUT2D eigenvalue weighted by molar-refractivity contribution is 6.00. The van der Waals surface area contributed by atoms with Crippen LogP contribution >= 0.6 is 0 Å². The van der Waals surface area contributed by atoms with Gasteiger partial charge in [0.1, 0.15) is 23.1 Å². The van der Waals surface area contributed by atoms with Crippen molar-refractivity contribution >= 4 is 11.8 Å². The SMILES string of the molecule is CCCCN1C(=O)C(CC(C)C)NC(=O)C12CCN(Cc1ccc(Oc3ccc(OC)cc3)nc1)CC2. The minimum absolute atomic E-state index is 0.0233. The van der Waals surface area contributed by atoms with E-state index in [1.54, 1.807) is 7.11 Å². The molecular weight excluding hydrogens is 468 g/mol. The average Bonchev–Trinajstić information content (AvgIpc) is 2.90. The van der Waals surface area contributed by atoms with Gasteiger partial charge in [0, 0.05) is 38.4 Å². The molecule has 37 heavy (non-hydrogen) atoms. The molecule has 3 heterocycles. The van der Waals surface area contributed by atoms with Crippen LogP contribution in [0.3, 0.4) is 0 Å². The molecule has 2 aromatic rings. The molecule has 1 unspecified atom stereocenters. The maximum absolute atomic E-state index is 13.4. The van der Waals surface area contributed by atoms with Crippen molar-refractivity contribution in [1.29, 1.82) is 0 Å². The maximum Gasteiger partial charge on any atom is 0.246 e. The molecule has 2 amide bonds. The highest BCUT2D eigenvalue weighted by atomic mass is 16.5. The van der Waals surface area contributed by atoms with E-state index in [2.05, 4.69) is 36.0 Å². The molecule has 4 rings (SSSR count). The van der Waals surface area contributed by atoms with Crippen molar-refractivity contribution < 1.29 is 19.1 Å². The van der Waals surface area contributed by atoms with E-state index >= 15 is 0 Å². The first kappa shape index (κ1) is 26.9. The zero-order valence-electron chi connectivity index (χ0n) is 22.5. The Morgan fingerprint density at radius 3 is 2.38 bits per heavy atom. The van der Waals surface area contributed by atoms with Gasteiger partial charge >= 0.3 is 0 Å². The standard InChI is InChI=1S/C29H40N4O4/c1-5-6-15-33-27(34)25(18-21(2)3)31-28(35)29(33)13-16-32(17-14-29)20-22-7-12-26(30-19-22)37-24-10-8-23(36-4)9-11-24/h7-12,19,21,25H,5-6,13-18,20H2,1-4H3,(H,31,35). The Labute approximate surface area is 220 Å². The Kier molecular flexibility index (Phi) is 8.69. The van der Waals surface area contributed by atoms with Crippen molar-refractivity contribution in [3.05, 3.63) is 48.2 Å². The first-order valence-electron chi connectivity index (χ1n) is 13.5. The normalized spacial score (nSPS) is 19.8. The van der Waals surface area contributed by atoms with Gasteiger partial charge in [0.05, 0.1) is 7.11 Å². The summed E-state index contributed by atoms with van der Waals surface area (Å²) in [7, 11) is 1.63. The third-order valence-corrected chi connectivity index (χ3v) is 7.42. The summed E-state index contributed by atoms with van der Waals surface area (Å²) in [6.07, 6.45) is 5.72. The fourth-order valence-corrected chi connectivity index (χ4v) is 5.31. The number of aromatic nitrogens is 1. The van der Waals surface area contributed by atoms with Gasteiger partial charge in [-0.15, -0.1) is 0 Å². The molecule has 0 bridgehead atoms. The zero-order valence-corrected chi connectivity index (χ0v) is 22.5. The van der Waals surface area contributed by atoms with E-state index in [1.165, 1.54) is 0 Å². The van der Waals surface area contributed by atoms with Gasteiger partial charge < -0.3 is 19.7 Å². The van der Waals surface area contributed by atoms with E-state index < -0.39 is 11.6 Å². The molecule has 1 aromatic carbocycles. The van der Waals surface area contributed by atoms with Gasteiger partial charge in [-0.05, 0) is 61.4 Å². The molecule has 0 radical (unpaired) electrons. The highest BCUT2D eigenvalue weighted by Gasteiger charge is 2.53. The molecule has 2 aliphatic rings. The van der Waals surface area contributed by atoms with Gasteiger partial charge in [0.15, 0.2) is 0 Å². The lowest BCUT2D eigenvalue weighted by Crippen LogP contribution is -2.73. The second-order valence-electron chi connectivity index (χ2n) is 10.6. The first-order chi connectivity index (χ1) is 17.8. The second-order valence-corrected chi connectivity index (χ2v) is 10.6. The fourth-order valence-electron chi connectivity index (χ4n) is 5.31. The summed E-state index contributed by atoms with van der Waals surface area (Å²) < 4.78 is 11.0. The Balaban J connectivity index is 1.37. The third kappa shape index (κ3) is 6.24. The van der Waals surface area contributed by atoms with Crippen LogP contribution in [0, 0.1) is 5.92 Å². The molecule has 2 fully saturated rings. The molecular formula is C29H40N4O4. The number of carbonyl (C=O) groups excluding carboxylic acids is 2. The van der Waals surface area contributed by atoms with Crippen molar-refractivity contribution in [1.82, 2.24) is 20.1 Å². The summed E-state index contributed by atoms with van der Waals surface area (Å²) in [5.74, 6) is 2.47. The largest absolute Gasteiger partial charge is 0.497 e. The second kappa shape index (κ2) is 11.9. The van der Waals surface area contributed by atoms with Crippen LogP contribution in [-0.4, -0.2) is 64.9 Å². The van der Waals surface area contributed by atoms with Crippen LogP contribution in [0.1, 0.15) is 58.4 Å². The van der Waals surface area contributed by atoms with E-state index in [0.717, 1.165) is 43.8 Å². The van der Waals surface area contributed by atoms with Gasteiger partial charge in [-0.25, -0.2) is 4.98 Å². The number of benzene rings is 1. The van der Waals surface area contributed by atoms with E-state index in [-0.39, 0.29) is 11.8 Å². The number of hydrogen-bond donors (Lipinski definition) is 1. The Morgan fingerprint density at radius 1 is 1.08 bits per heavy atom. The Hall–Kier alpha value is -3.13. The molecule has 1 spiro atoms. The van der Waals surface area contributed by atoms with Gasteiger partial charge in [0.25, 0.3) is 0 Å². The number of amides is 2. The van der Waals surface area contributed by atoms with Crippen LogP contribution in [0.2, 0.25) is 0 Å². The molecule has 1 atom stereocenters. The molecule has 2 saturated heterocycles. The van der Waals surface area contributed by atoms with Crippen LogP contribution in [0.5, 0.6) is 17.4 Å². The summed E-state index contributed by atoms with van der Waals surface area (Å²) in [6.45, 7) is 9.20. The van der Waals surface area contributed by atoms with E-state index in [9.17, 15) is 9.59 Å². The number of pyridine rings is 1. The first-order valence-corrected chi connectivity index (χ1v) is 13.5. The predicted molar refractivity (Wildman–Crippen MR) is 143 cm³/mol. The van der Waals surface area contributed by atoms with E-state index in [0.29, 0.717) is 43.4 Å². The van der Waals surface area contributed by atoms with Crippen molar-refractivity contribution in [2.45, 2.75) is 71.0 Å². The van der Waals surface area contributed by atoms with Crippen LogP contribution in [0.4, 0.5) is 0 Å². The lowest BCUT2D eigenvalue weighted by molar-refractivity contribution is -0.161. The Morgan fingerprint density at radius 2 is 1.78 bits per heavy atom. The fraction of sp³-hybridized carbons (Fsp3) is 0.552. The van der Waals surface area contributed by atoms with Gasteiger partial charge in [-0.1, -0.05) is 33.3 Å². The van der Waals surface area contributed by atoms with E-state index in [4.69, 9.17) is 9.47 Å². The number of ether oxygens (including phenoxy) is 2. The predicted octanol–water partition coefficient (Wildman–Crippen LogP) is 4.39. The molecule has 0 aliphatic carbocycles. The smallest absolute Gasteiger partial charge is 0.246 e. The van der Waals surface area contributed by atoms with Crippen LogP contribution in [-0.2, 0) is 16.1 Å². The number of rotatable bonds is 10. The molecule has 8 heteroatoms. The van der Waals surface area contributed by atoms with Crippen LogP contribution < -0.4 is 14.8 Å². The molecule has 200 valence electrons. The molecule has 1 N–H and O–H groups in total. The number of unbranched alkanes of at least 4 members (excludes halogenated alkanes) is 1. The summed E-state index contributed by atoms with van der Waals surface area (Å²) in [6, 6.07) is 10.9. The summed E-state index contributed by atoms with van der Waals surface area (Å²) >= 11 is 0. The minimum Gasteiger partial charge on any atom is -0.497 e. The van der Waals surface area contributed by atoms with Crippen molar-refractivity contribution in [2.24, 2.45) is 5.92 Å². The summed E-state index contributed by atoms with van der Waals surface area (Å²) in [4.78, 5) is 35.6. The quantitative estimate of drug-likeness (QED) is 0.513. The molecule has 2 aliphatic heterocycles. The molecule has 8 nitrogen and oxygen atoms in total. The number of methoxy groups -OCH3 is 1. The highest BCUT2D eigenvalue weighted by Crippen LogP contribution is 2.35. The van der Waals surface area contributed by atoms with Crippen molar-refractivity contribution in [3.8, 4) is 17.4 Å². The third-order valence-electron chi connectivity index (χ3n) is 7.42. The van der Waals surface area contributed by atoms with Crippen LogP contribution in [0.15, 0.2) is 42.6 Å². The zero-order chi connectivity index (χ0) is 26.4. The average molecular weight is 509 g/mol. The van der Waals surface area contributed by atoms with Crippen molar-refractivity contribution in [2.75, 3.05) is 26.7 Å². The number of piperidine rings is 1. The summed E-state index contributed by atoms with van der Waals surface area (Å²) in [5, 5.41) is 3.08. The number of piperazine rings is 1. The van der Waals surface area contributed by atoms with Gasteiger partial charge in [-0.2, -0.15) is 0 Å². The molecule has 0 saturated carbocycles. The van der Waals surface area contributed by atoms with Crippen LogP contribution in [0.25, 0.3) is 0 Å². The maximum atomic E-state index is 13.4. The summed E-state index contributed by atoms with van der Waals surface area (Å²) in [5.41, 5.74) is 0.354.